The average molecular weight is 507 g/mol. The van der Waals surface area contributed by atoms with E-state index >= 15 is 4.39 Å². The summed E-state index contributed by atoms with van der Waals surface area (Å²) < 4.78 is 26.6. The third-order valence-electron chi connectivity index (χ3n) is 6.84. The van der Waals surface area contributed by atoms with Crippen LogP contribution in [-0.4, -0.2) is 40.7 Å². The molecule has 1 aliphatic heterocycles. The molecule has 1 saturated carbocycles. The van der Waals surface area contributed by atoms with Gasteiger partial charge in [0.25, 0.3) is 0 Å². The first-order valence-electron chi connectivity index (χ1n) is 12.6. The van der Waals surface area contributed by atoms with E-state index in [4.69, 9.17) is 9.47 Å². The van der Waals surface area contributed by atoms with Crippen LogP contribution in [0.1, 0.15) is 46.1 Å². The maximum atomic E-state index is 15.3. The van der Waals surface area contributed by atoms with E-state index in [1.54, 1.807) is 45.3 Å². The van der Waals surface area contributed by atoms with Gasteiger partial charge in [0.2, 0.25) is 11.8 Å². The molecule has 0 bridgehead atoms. The van der Waals surface area contributed by atoms with Crippen molar-refractivity contribution in [3.05, 3.63) is 42.0 Å². The van der Waals surface area contributed by atoms with Gasteiger partial charge in [0.15, 0.2) is 0 Å². The molecule has 194 valence electrons. The topological polar surface area (TPSA) is 93.7 Å². The molecule has 3 aromatic rings. The summed E-state index contributed by atoms with van der Waals surface area (Å²) in [5, 5.41) is 4.23. The second kappa shape index (κ2) is 9.28. The highest BCUT2D eigenvalue weighted by Crippen LogP contribution is 2.42. The van der Waals surface area contributed by atoms with Crippen molar-refractivity contribution in [2.45, 2.75) is 53.1 Å². The van der Waals surface area contributed by atoms with E-state index in [0.29, 0.717) is 51.9 Å². The predicted molar refractivity (Wildman–Crippen MR) is 139 cm³/mol. The number of nitrogens with one attached hydrogen (secondary N) is 1. The fourth-order valence-corrected chi connectivity index (χ4v) is 4.79. The fraction of sp³-hybridized carbons (Fsp3) is 0.429. The number of fused-ring (bicyclic) bond motifs is 2. The quantitative estimate of drug-likeness (QED) is 0.476. The Morgan fingerprint density at radius 1 is 1.16 bits per heavy atom. The molecule has 1 aliphatic carbocycles. The van der Waals surface area contributed by atoms with Gasteiger partial charge in [0.1, 0.15) is 29.5 Å². The van der Waals surface area contributed by atoms with Crippen LogP contribution < -0.4 is 15.0 Å². The lowest BCUT2D eigenvalue weighted by atomic mass is 9.98. The molecular formula is C28H31FN4O4. The highest BCUT2D eigenvalue weighted by molar-refractivity contribution is 5.97. The number of hydrogen-bond donors (Lipinski definition) is 1. The van der Waals surface area contributed by atoms with Gasteiger partial charge in [0.05, 0.1) is 6.54 Å². The Hall–Kier alpha value is -3.75. The van der Waals surface area contributed by atoms with Crippen molar-refractivity contribution in [1.82, 2.24) is 9.97 Å². The number of amides is 2. The monoisotopic (exact) mass is 506 g/mol. The molecule has 0 radical (unpaired) electrons. The molecule has 2 aromatic heterocycles. The van der Waals surface area contributed by atoms with Crippen molar-refractivity contribution in [3.8, 4) is 17.0 Å². The van der Waals surface area contributed by atoms with Gasteiger partial charge in [-0.2, -0.15) is 0 Å². The van der Waals surface area contributed by atoms with E-state index in [-0.39, 0.29) is 18.4 Å². The van der Waals surface area contributed by atoms with Crippen LogP contribution in [0.3, 0.4) is 0 Å². The fourth-order valence-electron chi connectivity index (χ4n) is 4.79. The van der Waals surface area contributed by atoms with Gasteiger partial charge in [-0.05, 0) is 69.2 Å². The Kier molecular flexibility index (Phi) is 6.25. The summed E-state index contributed by atoms with van der Waals surface area (Å²) in [4.78, 5) is 35.6. The number of benzene rings is 1. The molecule has 2 atom stereocenters. The zero-order valence-electron chi connectivity index (χ0n) is 21.7. The molecule has 3 heterocycles. The SMILES string of the molecule is CCC1CC1C(=O)Nc1cc2cc(-c3cnc4c(c3C)N(C(=O)OC(C)(C)C)CCO4)c(F)cc2cn1. The summed E-state index contributed by atoms with van der Waals surface area (Å²) in [5.74, 6) is 0.731. The summed E-state index contributed by atoms with van der Waals surface area (Å²) >= 11 is 0. The van der Waals surface area contributed by atoms with Gasteiger partial charge >= 0.3 is 6.09 Å². The first kappa shape index (κ1) is 24.9. The second-order valence-electron chi connectivity index (χ2n) is 10.7. The van der Waals surface area contributed by atoms with Crippen molar-refractivity contribution in [2.24, 2.45) is 11.8 Å². The van der Waals surface area contributed by atoms with Crippen LogP contribution in [0.5, 0.6) is 5.88 Å². The number of carbonyl (C=O) groups excluding carboxylic acids is 2. The van der Waals surface area contributed by atoms with Gasteiger partial charge < -0.3 is 14.8 Å². The lowest BCUT2D eigenvalue weighted by molar-refractivity contribution is -0.117. The normalized spacial score (nSPS) is 18.7. The third-order valence-corrected chi connectivity index (χ3v) is 6.84. The number of hydrogen-bond acceptors (Lipinski definition) is 6. The van der Waals surface area contributed by atoms with E-state index in [2.05, 4.69) is 22.2 Å². The standard InChI is InChI=1S/C28H31FN4O4/c1-6-16-9-19(16)25(34)32-23-12-17-10-20(22(29)11-18(17)13-30-23)21-14-31-26-24(15(21)2)33(7-8-36-26)27(35)37-28(3,4)5/h10-14,16,19H,6-9H2,1-5H3,(H,30,32,34). The molecule has 2 aliphatic rings. The largest absolute Gasteiger partial charge is 0.474 e. The third kappa shape index (κ3) is 4.95. The molecule has 0 spiro atoms. The average Bonchev–Trinajstić information content (AvgIpc) is 3.63. The number of rotatable bonds is 4. The van der Waals surface area contributed by atoms with Crippen LogP contribution in [-0.2, 0) is 9.53 Å². The van der Waals surface area contributed by atoms with Crippen LogP contribution >= 0.6 is 0 Å². The maximum absolute atomic E-state index is 15.3. The second-order valence-corrected chi connectivity index (χ2v) is 10.7. The van der Waals surface area contributed by atoms with Gasteiger partial charge in [-0.1, -0.05) is 13.3 Å². The number of ether oxygens (including phenoxy) is 2. The molecule has 2 amide bonds. The summed E-state index contributed by atoms with van der Waals surface area (Å²) in [7, 11) is 0. The van der Waals surface area contributed by atoms with E-state index in [0.717, 1.165) is 18.2 Å². The zero-order valence-corrected chi connectivity index (χ0v) is 21.7. The Labute approximate surface area is 215 Å². The van der Waals surface area contributed by atoms with Gasteiger partial charge in [-0.15, -0.1) is 0 Å². The minimum Gasteiger partial charge on any atom is -0.474 e. The summed E-state index contributed by atoms with van der Waals surface area (Å²) in [6, 6.07) is 4.88. The van der Waals surface area contributed by atoms with Crippen molar-refractivity contribution in [2.75, 3.05) is 23.4 Å². The van der Waals surface area contributed by atoms with E-state index in [1.165, 1.54) is 11.0 Å². The van der Waals surface area contributed by atoms with Gasteiger partial charge in [0, 0.05) is 34.8 Å². The van der Waals surface area contributed by atoms with Crippen molar-refractivity contribution < 1.29 is 23.5 Å². The minimum atomic E-state index is -0.670. The number of carbonyl (C=O) groups is 2. The van der Waals surface area contributed by atoms with Crippen LogP contribution in [0, 0.1) is 24.6 Å². The van der Waals surface area contributed by atoms with Crippen LogP contribution in [0.2, 0.25) is 0 Å². The van der Waals surface area contributed by atoms with E-state index in [9.17, 15) is 9.59 Å². The number of nitrogens with zero attached hydrogens (tertiary/aromatic N) is 3. The lowest BCUT2D eigenvalue weighted by Crippen LogP contribution is -2.42. The van der Waals surface area contributed by atoms with Gasteiger partial charge in [-0.25, -0.2) is 19.2 Å². The van der Waals surface area contributed by atoms with Crippen LogP contribution in [0.25, 0.3) is 21.9 Å². The number of aromatic nitrogens is 2. The molecule has 37 heavy (non-hydrogen) atoms. The Morgan fingerprint density at radius 3 is 2.65 bits per heavy atom. The minimum absolute atomic E-state index is 0.0296. The van der Waals surface area contributed by atoms with Crippen molar-refractivity contribution in [3.63, 3.8) is 0 Å². The molecule has 5 rings (SSSR count). The molecule has 2 unspecified atom stereocenters. The molecule has 1 N–H and O–H groups in total. The summed E-state index contributed by atoms with van der Waals surface area (Å²) in [5.41, 5.74) is 1.30. The summed E-state index contributed by atoms with van der Waals surface area (Å²) in [6.07, 6.45) is 4.48. The zero-order chi connectivity index (χ0) is 26.5. The Morgan fingerprint density at radius 2 is 1.95 bits per heavy atom. The highest BCUT2D eigenvalue weighted by atomic mass is 19.1. The van der Waals surface area contributed by atoms with E-state index < -0.39 is 17.5 Å². The first-order chi connectivity index (χ1) is 17.6. The Bertz CT molecular complexity index is 1400. The molecule has 0 saturated heterocycles. The maximum Gasteiger partial charge on any atom is 0.415 e. The predicted octanol–water partition coefficient (Wildman–Crippen LogP) is 5.86. The van der Waals surface area contributed by atoms with Crippen molar-refractivity contribution in [1.29, 1.82) is 0 Å². The number of anilines is 2. The molecule has 9 heteroatoms. The van der Waals surface area contributed by atoms with Crippen molar-refractivity contribution >= 4 is 34.3 Å². The van der Waals surface area contributed by atoms with Crippen LogP contribution in [0.4, 0.5) is 20.7 Å². The highest BCUT2D eigenvalue weighted by Gasteiger charge is 2.41. The first-order valence-corrected chi connectivity index (χ1v) is 12.6. The van der Waals surface area contributed by atoms with Gasteiger partial charge in [-0.3, -0.25) is 9.69 Å². The smallest absolute Gasteiger partial charge is 0.415 e. The molecule has 1 aromatic carbocycles. The number of halogens is 1. The van der Waals surface area contributed by atoms with E-state index in [1.807, 2.05) is 6.92 Å². The molecular weight excluding hydrogens is 475 g/mol. The summed E-state index contributed by atoms with van der Waals surface area (Å²) in [6.45, 7) is 9.87. The van der Waals surface area contributed by atoms with Crippen LogP contribution in [0.15, 0.2) is 30.6 Å². The lowest BCUT2D eigenvalue weighted by Gasteiger charge is -2.32. The molecule has 1 fully saturated rings. The Balaban J connectivity index is 1.51. The number of pyridine rings is 2. The molecule has 8 nitrogen and oxygen atoms in total.